The summed E-state index contributed by atoms with van der Waals surface area (Å²) >= 11 is 0. The molecule has 0 amide bonds. The highest BCUT2D eigenvalue weighted by Gasteiger charge is 2.28. The molecule has 0 aromatic carbocycles. The smallest absolute Gasteiger partial charge is 0.144 e. The first-order valence-electron chi connectivity index (χ1n) is 5.99. The summed E-state index contributed by atoms with van der Waals surface area (Å²) in [6.45, 7) is 6.10. The molecular weight excluding hydrogens is 216 g/mol. The van der Waals surface area contributed by atoms with Crippen molar-refractivity contribution < 1.29 is 5.11 Å². The normalized spacial score (nSPS) is 26.1. The maximum absolute atomic E-state index is 10.0. The minimum absolute atomic E-state index is 0.510. The number of nitrogens with two attached hydrogens (primary N) is 1. The maximum Gasteiger partial charge on any atom is 0.144 e. The van der Waals surface area contributed by atoms with Crippen LogP contribution in [0.4, 0.5) is 5.82 Å². The second-order valence-electron chi connectivity index (χ2n) is 5.16. The molecule has 17 heavy (non-hydrogen) atoms. The van der Waals surface area contributed by atoms with Gasteiger partial charge in [0.1, 0.15) is 11.6 Å². The van der Waals surface area contributed by atoms with Crippen LogP contribution >= 0.6 is 0 Å². The molecule has 2 heterocycles. The summed E-state index contributed by atoms with van der Waals surface area (Å²) < 4.78 is 0. The molecule has 1 aromatic rings. The predicted molar refractivity (Wildman–Crippen MR) is 66.3 cm³/mol. The van der Waals surface area contributed by atoms with E-state index in [1.807, 2.05) is 13.8 Å². The molecule has 1 aliphatic rings. The maximum atomic E-state index is 10.0. The second kappa shape index (κ2) is 4.58. The van der Waals surface area contributed by atoms with Gasteiger partial charge in [0.15, 0.2) is 0 Å². The molecule has 1 aromatic heterocycles. The third-order valence-corrected chi connectivity index (χ3v) is 3.04. The molecule has 1 unspecified atom stereocenters. The van der Waals surface area contributed by atoms with Crippen LogP contribution in [0.5, 0.6) is 0 Å². The average molecular weight is 236 g/mol. The first-order chi connectivity index (χ1) is 7.94. The van der Waals surface area contributed by atoms with Crippen molar-refractivity contribution in [3.8, 4) is 0 Å². The van der Waals surface area contributed by atoms with E-state index in [0.717, 1.165) is 30.9 Å². The first-order valence-corrected chi connectivity index (χ1v) is 5.99. The van der Waals surface area contributed by atoms with Gasteiger partial charge < -0.3 is 10.8 Å². The van der Waals surface area contributed by atoms with Crippen LogP contribution in [0.25, 0.3) is 0 Å². The van der Waals surface area contributed by atoms with Crippen molar-refractivity contribution in [2.75, 3.05) is 18.8 Å². The highest BCUT2D eigenvalue weighted by Crippen LogP contribution is 2.21. The number of β-amino-alcohol motifs (C(OH)–C–C–N with tert-alkyl or cyclic N) is 1. The SMILES string of the molecule is Cc1cc(N)nc(CN2CCCC(C)(O)C2)n1. The monoisotopic (exact) mass is 236 g/mol. The molecule has 1 aliphatic heterocycles. The summed E-state index contributed by atoms with van der Waals surface area (Å²) in [5.74, 6) is 1.25. The van der Waals surface area contributed by atoms with Crippen molar-refractivity contribution >= 4 is 5.82 Å². The van der Waals surface area contributed by atoms with Gasteiger partial charge in [0.05, 0.1) is 12.1 Å². The Balaban J connectivity index is 2.05. The van der Waals surface area contributed by atoms with Gasteiger partial charge in [0, 0.05) is 18.3 Å². The number of nitrogens with zero attached hydrogens (tertiary/aromatic N) is 3. The van der Waals surface area contributed by atoms with Crippen LogP contribution in [-0.4, -0.2) is 38.7 Å². The number of aromatic nitrogens is 2. The molecule has 1 fully saturated rings. The van der Waals surface area contributed by atoms with Crippen molar-refractivity contribution in [3.05, 3.63) is 17.6 Å². The van der Waals surface area contributed by atoms with Crippen LogP contribution in [0.3, 0.4) is 0 Å². The zero-order valence-corrected chi connectivity index (χ0v) is 10.5. The van der Waals surface area contributed by atoms with Crippen molar-refractivity contribution in [1.82, 2.24) is 14.9 Å². The Bertz CT molecular complexity index is 385. The number of likely N-dealkylation sites (tertiary alicyclic amines) is 1. The van der Waals surface area contributed by atoms with Crippen molar-refractivity contribution in [3.63, 3.8) is 0 Å². The molecule has 94 valence electrons. The number of hydrogen-bond donors (Lipinski definition) is 2. The molecule has 2 rings (SSSR count). The van der Waals surface area contributed by atoms with Gasteiger partial charge >= 0.3 is 0 Å². The highest BCUT2D eigenvalue weighted by atomic mass is 16.3. The predicted octanol–water partition coefficient (Wildman–Crippen LogP) is 0.714. The Labute approximate surface area is 102 Å². The highest BCUT2D eigenvalue weighted by molar-refractivity contribution is 5.29. The molecule has 0 aliphatic carbocycles. The Morgan fingerprint density at radius 3 is 2.94 bits per heavy atom. The molecule has 0 radical (unpaired) electrons. The Hall–Kier alpha value is -1.20. The standard InChI is InChI=1S/C12H20N4O/c1-9-6-10(13)15-11(14-9)7-16-5-3-4-12(2,17)8-16/h6,17H,3-5,7-8H2,1-2H3,(H2,13,14,15). The summed E-state index contributed by atoms with van der Waals surface area (Å²) in [4.78, 5) is 10.8. The topological polar surface area (TPSA) is 75.3 Å². The zero-order chi connectivity index (χ0) is 12.5. The Kier molecular flexibility index (Phi) is 3.31. The Morgan fingerprint density at radius 2 is 2.29 bits per heavy atom. The second-order valence-corrected chi connectivity index (χ2v) is 5.16. The van der Waals surface area contributed by atoms with E-state index >= 15 is 0 Å². The summed E-state index contributed by atoms with van der Waals surface area (Å²) in [6, 6.07) is 1.76. The number of anilines is 1. The fourth-order valence-electron chi connectivity index (χ4n) is 2.39. The Morgan fingerprint density at radius 1 is 1.53 bits per heavy atom. The van der Waals surface area contributed by atoms with E-state index in [0.29, 0.717) is 18.9 Å². The van der Waals surface area contributed by atoms with E-state index in [-0.39, 0.29) is 0 Å². The van der Waals surface area contributed by atoms with Crippen molar-refractivity contribution in [1.29, 1.82) is 0 Å². The van der Waals surface area contributed by atoms with Gasteiger partial charge in [-0.25, -0.2) is 9.97 Å². The molecule has 5 nitrogen and oxygen atoms in total. The van der Waals surface area contributed by atoms with Gasteiger partial charge in [-0.05, 0) is 33.2 Å². The fraction of sp³-hybridized carbons (Fsp3) is 0.667. The van der Waals surface area contributed by atoms with Gasteiger partial charge in [-0.1, -0.05) is 0 Å². The van der Waals surface area contributed by atoms with E-state index in [1.165, 1.54) is 0 Å². The third-order valence-electron chi connectivity index (χ3n) is 3.04. The van der Waals surface area contributed by atoms with Crippen molar-refractivity contribution in [2.24, 2.45) is 0 Å². The largest absolute Gasteiger partial charge is 0.389 e. The van der Waals surface area contributed by atoms with Gasteiger partial charge in [-0.3, -0.25) is 4.90 Å². The number of aliphatic hydroxyl groups is 1. The lowest BCUT2D eigenvalue weighted by Crippen LogP contribution is -2.45. The molecule has 0 saturated carbocycles. The number of piperidine rings is 1. The summed E-state index contributed by atoms with van der Waals surface area (Å²) in [5.41, 5.74) is 5.99. The number of hydrogen-bond acceptors (Lipinski definition) is 5. The van der Waals surface area contributed by atoms with Crippen LogP contribution in [0.1, 0.15) is 31.3 Å². The van der Waals surface area contributed by atoms with Gasteiger partial charge in [-0.2, -0.15) is 0 Å². The minimum Gasteiger partial charge on any atom is -0.389 e. The summed E-state index contributed by atoms with van der Waals surface area (Å²) in [7, 11) is 0. The molecule has 3 N–H and O–H groups in total. The zero-order valence-electron chi connectivity index (χ0n) is 10.5. The number of aryl methyl sites for hydroxylation is 1. The van der Waals surface area contributed by atoms with Crippen LogP contribution < -0.4 is 5.73 Å². The number of rotatable bonds is 2. The lowest BCUT2D eigenvalue weighted by molar-refractivity contribution is -0.0188. The van der Waals surface area contributed by atoms with Gasteiger partial charge in [0.25, 0.3) is 0 Å². The molecule has 5 heteroatoms. The van der Waals surface area contributed by atoms with Gasteiger partial charge in [-0.15, -0.1) is 0 Å². The van der Waals surface area contributed by atoms with Crippen LogP contribution in [0, 0.1) is 6.92 Å². The van der Waals surface area contributed by atoms with E-state index < -0.39 is 5.60 Å². The fourth-order valence-corrected chi connectivity index (χ4v) is 2.39. The first kappa shape index (κ1) is 12.3. The lowest BCUT2D eigenvalue weighted by Gasteiger charge is -2.36. The molecular formula is C12H20N4O. The van der Waals surface area contributed by atoms with E-state index in [9.17, 15) is 5.11 Å². The van der Waals surface area contributed by atoms with Crippen LogP contribution in [0.15, 0.2) is 6.07 Å². The number of nitrogen functional groups attached to an aromatic ring is 1. The van der Waals surface area contributed by atoms with Crippen LogP contribution in [0.2, 0.25) is 0 Å². The van der Waals surface area contributed by atoms with E-state index in [4.69, 9.17) is 5.73 Å². The minimum atomic E-state index is -0.590. The average Bonchev–Trinajstić information content (AvgIpc) is 2.13. The summed E-state index contributed by atoms with van der Waals surface area (Å²) in [5, 5.41) is 10.0. The molecule has 1 atom stereocenters. The molecule has 1 saturated heterocycles. The third kappa shape index (κ3) is 3.38. The summed E-state index contributed by atoms with van der Waals surface area (Å²) in [6.07, 6.45) is 1.87. The van der Waals surface area contributed by atoms with Crippen LogP contribution in [-0.2, 0) is 6.54 Å². The van der Waals surface area contributed by atoms with Crippen molar-refractivity contribution in [2.45, 2.75) is 38.8 Å². The van der Waals surface area contributed by atoms with E-state index in [1.54, 1.807) is 6.07 Å². The quantitative estimate of drug-likeness (QED) is 0.791. The molecule has 0 spiro atoms. The lowest BCUT2D eigenvalue weighted by atomic mass is 9.95. The van der Waals surface area contributed by atoms with Gasteiger partial charge in [0.2, 0.25) is 0 Å². The van der Waals surface area contributed by atoms with E-state index in [2.05, 4.69) is 14.9 Å². The molecule has 0 bridgehead atoms.